The van der Waals surface area contributed by atoms with Gasteiger partial charge in [0.2, 0.25) is 15.9 Å². The van der Waals surface area contributed by atoms with Crippen LogP contribution in [0.3, 0.4) is 0 Å². The molecular weight excluding hydrogens is 384 g/mol. The van der Waals surface area contributed by atoms with Crippen molar-refractivity contribution in [3.63, 3.8) is 0 Å². The lowest BCUT2D eigenvalue weighted by Gasteiger charge is -2.31. The molecule has 0 saturated carbocycles. The lowest BCUT2D eigenvalue weighted by atomic mass is 9.96. The summed E-state index contributed by atoms with van der Waals surface area (Å²) in [5.74, 6) is 0.615. The Balaban J connectivity index is 1.83. The van der Waals surface area contributed by atoms with Gasteiger partial charge in [-0.1, -0.05) is 38.3 Å². The maximum absolute atomic E-state index is 12.7. The summed E-state index contributed by atoms with van der Waals surface area (Å²) >= 11 is 5.84. The topological polar surface area (TPSA) is 66.5 Å². The second-order valence-electron chi connectivity index (χ2n) is 7.87. The van der Waals surface area contributed by atoms with Crippen LogP contribution in [-0.2, 0) is 14.8 Å². The van der Waals surface area contributed by atoms with Crippen LogP contribution >= 0.6 is 11.6 Å². The summed E-state index contributed by atoms with van der Waals surface area (Å²) in [6.45, 7) is 7.18. The first-order chi connectivity index (χ1) is 12.7. The summed E-state index contributed by atoms with van der Waals surface area (Å²) in [6, 6.07) is 6.36. The Kier molecular flexibility index (Phi) is 8.13. The Morgan fingerprint density at radius 1 is 1.15 bits per heavy atom. The Morgan fingerprint density at radius 3 is 2.30 bits per heavy atom. The molecule has 0 aliphatic carbocycles. The largest absolute Gasteiger partial charge is 0.353 e. The lowest BCUT2D eigenvalue weighted by Crippen LogP contribution is -2.44. The molecule has 27 heavy (non-hydrogen) atoms. The highest BCUT2D eigenvalue weighted by molar-refractivity contribution is 7.89. The second kappa shape index (κ2) is 9.89. The normalized spacial score (nSPS) is 17.8. The van der Waals surface area contributed by atoms with Crippen LogP contribution in [0.2, 0.25) is 5.02 Å². The number of nitrogens with one attached hydrogen (secondary N) is 1. The maximum Gasteiger partial charge on any atom is 0.243 e. The van der Waals surface area contributed by atoms with Gasteiger partial charge in [0, 0.05) is 30.1 Å². The van der Waals surface area contributed by atoms with Crippen LogP contribution in [0.15, 0.2) is 29.2 Å². The molecule has 152 valence electrons. The van der Waals surface area contributed by atoms with E-state index in [9.17, 15) is 13.2 Å². The van der Waals surface area contributed by atoms with Crippen LogP contribution in [0.1, 0.15) is 52.9 Å². The Morgan fingerprint density at radius 2 is 1.74 bits per heavy atom. The fraction of sp³-hybridized carbons (Fsp3) is 0.650. The molecule has 0 unspecified atom stereocenters. The van der Waals surface area contributed by atoms with Gasteiger partial charge in [-0.25, -0.2) is 8.42 Å². The lowest BCUT2D eigenvalue weighted by molar-refractivity contribution is -0.126. The number of rotatable bonds is 8. The van der Waals surface area contributed by atoms with Crippen LogP contribution in [0.25, 0.3) is 0 Å². The second-order valence-corrected chi connectivity index (χ2v) is 10.2. The first-order valence-electron chi connectivity index (χ1n) is 9.76. The molecule has 1 heterocycles. The highest BCUT2D eigenvalue weighted by Crippen LogP contribution is 2.25. The molecule has 0 bridgehead atoms. The predicted octanol–water partition coefficient (Wildman–Crippen LogP) is 4.07. The van der Waals surface area contributed by atoms with Crippen molar-refractivity contribution in [2.75, 3.05) is 13.1 Å². The number of sulfonamides is 1. The van der Waals surface area contributed by atoms with E-state index in [0.717, 1.165) is 12.8 Å². The Bertz CT molecular complexity index is 711. The average Bonchev–Trinajstić information content (AvgIpc) is 2.61. The van der Waals surface area contributed by atoms with Gasteiger partial charge in [0.25, 0.3) is 0 Å². The average molecular weight is 415 g/mol. The van der Waals surface area contributed by atoms with Gasteiger partial charge in [-0.3, -0.25) is 4.79 Å². The molecule has 0 spiro atoms. The third kappa shape index (κ3) is 6.47. The van der Waals surface area contributed by atoms with E-state index in [0.29, 0.717) is 36.9 Å². The van der Waals surface area contributed by atoms with Crippen LogP contribution in [0.4, 0.5) is 0 Å². The van der Waals surface area contributed by atoms with Gasteiger partial charge >= 0.3 is 0 Å². The van der Waals surface area contributed by atoms with Crippen molar-refractivity contribution in [3.05, 3.63) is 29.3 Å². The van der Waals surface area contributed by atoms with Gasteiger partial charge in [0.1, 0.15) is 0 Å². The van der Waals surface area contributed by atoms with Crippen molar-refractivity contribution < 1.29 is 13.2 Å². The number of carbonyl (C=O) groups excluding carboxylic acids is 1. The van der Waals surface area contributed by atoms with Gasteiger partial charge in [0.05, 0.1) is 4.90 Å². The number of piperidine rings is 1. The number of hydrogen-bond donors (Lipinski definition) is 1. The van der Waals surface area contributed by atoms with E-state index in [1.165, 1.54) is 22.9 Å². The first kappa shape index (κ1) is 22.2. The number of benzene rings is 1. The van der Waals surface area contributed by atoms with Crippen molar-refractivity contribution in [2.24, 2.45) is 11.8 Å². The van der Waals surface area contributed by atoms with Crippen LogP contribution in [-0.4, -0.2) is 37.8 Å². The number of nitrogens with zero attached hydrogens (tertiary/aromatic N) is 1. The van der Waals surface area contributed by atoms with E-state index >= 15 is 0 Å². The van der Waals surface area contributed by atoms with Crippen LogP contribution < -0.4 is 5.32 Å². The fourth-order valence-electron chi connectivity index (χ4n) is 3.38. The number of carbonyl (C=O) groups is 1. The molecule has 0 radical (unpaired) electrons. The third-order valence-corrected chi connectivity index (χ3v) is 7.25. The minimum absolute atomic E-state index is 0.0515. The minimum atomic E-state index is -3.53. The smallest absolute Gasteiger partial charge is 0.243 e. The number of halogens is 1. The predicted molar refractivity (Wildman–Crippen MR) is 109 cm³/mol. The van der Waals surface area contributed by atoms with E-state index in [2.05, 4.69) is 19.2 Å². The highest BCUT2D eigenvalue weighted by Gasteiger charge is 2.32. The van der Waals surface area contributed by atoms with Crippen molar-refractivity contribution in [3.8, 4) is 0 Å². The standard InChI is InChI=1S/C20H31ClN2O3S/c1-15(2)5-4-6-16(3)22-20(24)17-11-13-23(14-12-17)27(25,26)19-9-7-18(21)8-10-19/h7-10,15-17H,4-6,11-14H2,1-3H3,(H,22,24)/t16-/m0/s1. The molecule has 1 fully saturated rings. The van der Waals surface area contributed by atoms with Crippen LogP contribution in [0, 0.1) is 11.8 Å². The summed E-state index contributed by atoms with van der Waals surface area (Å²) in [5.41, 5.74) is 0. The molecule has 2 rings (SSSR count). The molecule has 1 aromatic rings. The zero-order valence-electron chi connectivity index (χ0n) is 16.4. The molecule has 1 aliphatic rings. The van der Waals surface area contributed by atoms with Crippen molar-refractivity contribution >= 4 is 27.5 Å². The van der Waals surface area contributed by atoms with E-state index in [4.69, 9.17) is 11.6 Å². The Hall–Kier alpha value is -1.11. The number of amides is 1. The molecule has 1 N–H and O–H groups in total. The monoisotopic (exact) mass is 414 g/mol. The van der Waals surface area contributed by atoms with Gasteiger partial charge in [-0.15, -0.1) is 0 Å². The summed E-state index contributed by atoms with van der Waals surface area (Å²) in [5, 5.41) is 3.60. The molecule has 1 aliphatic heterocycles. The maximum atomic E-state index is 12.7. The quantitative estimate of drug-likeness (QED) is 0.697. The highest BCUT2D eigenvalue weighted by atomic mass is 35.5. The molecule has 1 atom stereocenters. The van der Waals surface area contributed by atoms with Gasteiger partial charge in [-0.05, 0) is 56.4 Å². The van der Waals surface area contributed by atoms with E-state index < -0.39 is 10.0 Å². The van der Waals surface area contributed by atoms with Gasteiger partial charge in [-0.2, -0.15) is 4.31 Å². The summed E-state index contributed by atoms with van der Waals surface area (Å²) in [6.07, 6.45) is 4.36. The molecule has 7 heteroatoms. The first-order valence-corrected chi connectivity index (χ1v) is 11.6. The van der Waals surface area contributed by atoms with E-state index in [1.807, 2.05) is 6.92 Å². The number of hydrogen-bond acceptors (Lipinski definition) is 3. The Labute approximate surface area is 168 Å². The summed E-state index contributed by atoms with van der Waals surface area (Å²) < 4.78 is 26.9. The third-order valence-electron chi connectivity index (χ3n) is 5.08. The van der Waals surface area contributed by atoms with Crippen molar-refractivity contribution in [2.45, 2.75) is 63.8 Å². The molecule has 5 nitrogen and oxygen atoms in total. The zero-order valence-corrected chi connectivity index (χ0v) is 18.0. The van der Waals surface area contributed by atoms with Gasteiger partial charge < -0.3 is 5.32 Å². The minimum Gasteiger partial charge on any atom is -0.353 e. The summed E-state index contributed by atoms with van der Waals surface area (Å²) in [4.78, 5) is 12.7. The summed E-state index contributed by atoms with van der Waals surface area (Å²) in [7, 11) is -3.53. The molecule has 1 aromatic carbocycles. The fourth-order valence-corrected chi connectivity index (χ4v) is 4.97. The van der Waals surface area contributed by atoms with E-state index in [1.54, 1.807) is 12.1 Å². The van der Waals surface area contributed by atoms with Gasteiger partial charge in [0.15, 0.2) is 0 Å². The molecule has 0 aromatic heterocycles. The molecule has 1 amide bonds. The molecule has 1 saturated heterocycles. The SMILES string of the molecule is CC(C)CCC[C@H](C)NC(=O)C1CCN(S(=O)(=O)c2ccc(Cl)cc2)CC1. The molecular formula is C20H31ClN2O3S. The zero-order chi connectivity index (χ0) is 20.0. The van der Waals surface area contributed by atoms with Crippen LogP contribution in [0.5, 0.6) is 0 Å². The van der Waals surface area contributed by atoms with Crippen molar-refractivity contribution in [1.29, 1.82) is 0 Å². The van der Waals surface area contributed by atoms with Crippen molar-refractivity contribution in [1.82, 2.24) is 9.62 Å². The van der Waals surface area contributed by atoms with E-state index in [-0.39, 0.29) is 22.8 Å².